The Labute approximate surface area is 129 Å². The van der Waals surface area contributed by atoms with Crippen molar-refractivity contribution in [2.75, 3.05) is 26.1 Å². The van der Waals surface area contributed by atoms with E-state index in [1.165, 1.54) is 0 Å². The molecule has 5 heteroatoms. The number of nitrogens with zero attached hydrogens (tertiary/aromatic N) is 1. The third-order valence-electron chi connectivity index (χ3n) is 3.02. The van der Waals surface area contributed by atoms with Gasteiger partial charge in [-0.2, -0.15) is 0 Å². The molecule has 0 unspecified atom stereocenters. The molecule has 0 heterocycles. The number of methoxy groups -OCH3 is 2. The summed E-state index contributed by atoms with van der Waals surface area (Å²) in [6.45, 7) is 4.76. The maximum absolute atomic E-state index is 12.6. The van der Waals surface area contributed by atoms with Crippen LogP contribution in [0.1, 0.15) is 30.6 Å². The van der Waals surface area contributed by atoms with Crippen LogP contribution in [0, 0.1) is 0 Å². The van der Waals surface area contributed by atoms with Gasteiger partial charge in [0, 0.05) is 29.5 Å². The van der Waals surface area contributed by atoms with E-state index in [-0.39, 0.29) is 11.9 Å². The van der Waals surface area contributed by atoms with Gasteiger partial charge < -0.3 is 14.4 Å². The van der Waals surface area contributed by atoms with Gasteiger partial charge >= 0.3 is 0 Å². The van der Waals surface area contributed by atoms with Gasteiger partial charge in [0.1, 0.15) is 11.5 Å². The number of rotatable bonds is 7. The van der Waals surface area contributed by atoms with E-state index in [2.05, 4.69) is 15.9 Å². The van der Waals surface area contributed by atoms with Gasteiger partial charge in [-0.25, -0.2) is 0 Å². The van der Waals surface area contributed by atoms with Crippen LogP contribution in [0.2, 0.25) is 0 Å². The molecule has 0 saturated heterocycles. The predicted molar refractivity (Wildman–Crippen MR) is 84.1 cm³/mol. The van der Waals surface area contributed by atoms with Crippen molar-refractivity contribution in [1.29, 1.82) is 0 Å². The molecule has 1 aromatic carbocycles. The zero-order chi connectivity index (χ0) is 15.1. The van der Waals surface area contributed by atoms with Crippen LogP contribution in [0.4, 0.5) is 0 Å². The number of benzene rings is 1. The summed E-state index contributed by atoms with van der Waals surface area (Å²) in [6.07, 6.45) is 0.922. The molecule has 0 atom stereocenters. The Bertz CT molecular complexity index is 426. The average Bonchev–Trinajstić information content (AvgIpc) is 2.46. The largest absolute Gasteiger partial charge is 0.497 e. The third-order valence-corrected chi connectivity index (χ3v) is 3.58. The summed E-state index contributed by atoms with van der Waals surface area (Å²) >= 11 is 3.40. The fourth-order valence-corrected chi connectivity index (χ4v) is 2.17. The summed E-state index contributed by atoms with van der Waals surface area (Å²) < 4.78 is 10.4. The highest BCUT2D eigenvalue weighted by atomic mass is 79.9. The molecule has 4 nitrogen and oxygen atoms in total. The van der Waals surface area contributed by atoms with Crippen LogP contribution in [-0.2, 0) is 0 Å². The van der Waals surface area contributed by atoms with Crippen LogP contribution >= 0.6 is 15.9 Å². The topological polar surface area (TPSA) is 38.8 Å². The molecule has 1 amide bonds. The molecule has 0 bridgehead atoms. The summed E-state index contributed by atoms with van der Waals surface area (Å²) in [7, 11) is 3.15. The van der Waals surface area contributed by atoms with Gasteiger partial charge in [-0.05, 0) is 32.4 Å². The maximum atomic E-state index is 12.6. The predicted octanol–water partition coefficient (Wildman–Crippen LogP) is 3.34. The van der Waals surface area contributed by atoms with Crippen molar-refractivity contribution in [3.8, 4) is 11.5 Å². The van der Waals surface area contributed by atoms with Crippen LogP contribution in [0.3, 0.4) is 0 Å². The SMILES string of the molecule is COc1cc(OC)cc(C(=O)N(CCCBr)C(C)C)c1. The minimum Gasteiger partial charge on any atom is -0.497 e. The first kappa shape index (κ1) is 16.8. The molecule has 20 heavy (non-hydrogen) atoms. The number of ether oxygens (including phenoxy) is 2. The van der Waals surface area contributed by atoms with Gasteiger partial charge in [0.25, 0.3) is 5.91 Å². The number of halogens is 1. The standard InChI is InChI=1S/C15H22BrNO3/c1-11(2)17(7-5-6-16)15(18)12-8-13(19-3)10-14(9-12)20-4/h8-11H,5-7H2,1-4H3. The second kappa shape index (κ2) is 8.15. The van der Waals surface area contributed by atoms with E-state index in [1.54, 1.807) is 32.4 Å². The number of carbonyl (C=O) groups excluding carboxylic acids is 1. The third kappa shape index (κ3) is 4.40. The zero-order valence-corrected chi connectivity index (χ0v) is 14.1. The van der Waals surface area contributed by atoms with E-state index in [0.29, 0.717) is 17.1 Å². The second-order valence-corrected chi connectivity index (χ2v) is 5.53. The summed E-state index contributed by atoms with van der Waals surface area (Å²) in [5, 5.41) is 0.880. The van der Waals surface area contributed by atoms with E-state index in [4.69, 9.17) is 9.47 Å². The Kier molecular flexibility index (Phi) is 6.85. The molecule has 0 aliphatic heterocycles. The number of hydrogen-bond acceptors (Lipinski definition) is 3. The van der Waals surface area contributed by atoms with Crippen LogP contribution in [0.25, 0.3) is 0 Å². The lowest BCUT2D eigenvalue weighted by molar-refractivity contribution is 0.0706. The molecule has 1 aromatic rings. The molecule has 0 aliphatic rings. The molecule has 0 saturated carbocycles. The second-order valence-electron chi connectivity index (χ2n) is 4.74. The Morgan fingerprint density at radius 1 is 1.20 bits per heavy atom. The highest BCUT2D eigenvalue weighted by molar-refractivity contribution is 9.09. The fraction of sp³-hybridized carbons (Fsp3) is 0.533. The first-order valence-electron chi connectivity index (χ1n) is 6.63. The van der Waals surface area contributed by atoms with E-state index >= 15 is 0 Å². The smallest absolute Gasteiger partial charge is 0.254 e. The van der Waals surface area contributed by atoms with E-state index in [1.807, 2.05) is 18.7 Å². The Morgan fingerprint density at radius 3 is 2.15 bits per heavy atom. The first-order chi connectivity index (χ1) is 9.53. The molecular formula is C15H22BrNO3. The van der Waals surface area contributed by atoms with Gasteiger partial charge in [0.2, 0.25) is 0 Å². The van der Waals surface area contributed by atoms with Crippen LogP contribution in [0.15, 0.2) is 18.2 Å². The lowest BCUT2D eigenvalue weighted by Gasteiger charge is -2.27. The van der Waals surface area contributed by atoms with Crippen molar-refractivity contribution in [2.24, 2.45) is 0 Å². The van der Waals surface area contributed by atoms with Gasteiger partial charge in [-0.3, -0.25) is 4.79 Å². The highest BCUT2D eigenvalue weighted by Gasteiger charge is 2.19. The van der Waals surface area contributed by atoms with Crippen molar-refractivity contribution in [2.45, 2.75) is 26.3 Å². The molecule has 0 aromatic heterocycles. The Morgan fingerprint density at radius 2 is 1.75 bits per heavy atom. The van der Waals surface area contributed by atoms with E-state index in [9.17, 15) is 4.79 Å². The van der Waals surface area contributed by atoms with Crippen molar-refractivity contribution in [3.63, 3.8) is 0 Å². The summed E-state index contributed by atoms with van der Waals surface area (Å²) in [5.74, 6) is 1.24. The fourth-order valence-electron chi connectivity index (χ4n) is 1.92. The van der Waals surface area contributed by atoms with Gasteiger partial charge in [0.15, 0.2) is 0 Å². The Hall–Kier alpha value is -1.23. The molecule has 0 aliphatic carbocycles. The number of hydrogen-bond donors (Lipinski definition) is 0. The number of alkyl halides is 1. The van der Waals surface area contributed by atoms with Crippen molar-refractivity contribution >= 4 is 21.8 Å². The lowest BCUT2D eigenvalue weighted by atomic mass is 10.1. The molecule has 1 rings (SSSR count). The van der Waals surface area contributed by atoms with Crippen molar-refractivity contribution in [3.05, 3.63) is 23.8 Å². The van der Waals surface area contributed by atoms with Crippen LogP contribution in [-0.4, -0.2) is 42.9 Å². The first-order valence-corrected chi connectivity index (χ1v) is 7.75. The van der Waals surface area contributed by atoms with Crippen LogP contribution < -0.4 is 9.47 Å². The zero-order valence-electron chi connectivity index (χ0n) is 12.5. The summed E-state index contributed by atoms with van der Waals surface area (Å²) in [5.41, 5.74) is 0.587. The quantitative estimate of drug-likeness (QED) is 0.712. The minimum absolute atomic E-state index is 0.00171. The monoisotopic (exact) mass is 343 g/mol. The molecule has 112 valence electrons. The van der Waals surface area contributed by atoms with Gasteiger partial charge in [0.05, 0.1) is 14.2 Å². The molecule has 0 fully saturated rings. The Balaban J connectivity index is 3.04. The van der Waals surface area contributed by atoms with E-state index in [0.717, 1.165) is 18.3 Å². The lowest BCUT2D eigenvalue weighted by Crippen LogP contribution is -2.37. The minimum atomic E-state index is -0.00171. The van der Waals surface area contributed by atoms with E-state index < -0.39 is 0 Å². The molecule has 0 radical (unpaired) electrons. The van der Waals surface area contributed by atoms with Crippen molar-refractivity contribution in [1.82, 2.24) is 4.90 Å². The van der Waals surface area contributed by atoms with Gasteiger partial charge in [-0.15, -0.1) is 0 Å². The summed E-state index contributed by atoms with van der Waals surface area (Å²) in [6, 6.07) is 5.40. The molecular weight excluding hydrogens is 322 g/mol. The maximum Gasteiger partial charge on any atom is 0.254 e. The average molecular weight is 344 g/mol. The normalized spacial score (nSPS) is 10.5. The summed E-state index contributed by atoms with van der Waals surface area (Å²) in [4.78, 5) is 14.5. The van der Waals surface area contributed by atoms with Crippen LogP contribution in [0.5, 0.6) is 11.5 Å². The number of amides is 1. The molecule has 0 spiro atoms. The van der Waals surface area contributed by atoms with Crippen molar-refractivity contribution < 1.29 is 14.3 Å². The number of carbonyl (C=O) groups is 1. The van der Waals surface area contributed by atoms with Gasteiger partial charge in [-0.1, -0.05) is 15.9 Å². The molecule has 0 N–H and O–H groups in total. The highest BCUT2D eigenvalue weighted by Crippen LogP contribution is 2.24.